The van der Waals surface area contributed by atoms with Crippen LogP contribution in [0.25, 0.3) is 11.1 Å². The Balaban J connectivity index is 2.71. The summed E-state index contributed by atoms with van der Waals surface area (Å²) in [5, 5.41) is 9.48. The smallest absolute Gasteiger partial charge is 0.339 e. The molecule has 0 saturated carbocycles. The number of carboxylic acids is 1. The fourth-order valence-electron chi connectivity index (χ4n) is 1.80. The molecule has 0 atom stereocenters. The van der Waals surface area contributed by atoms with Gasteiger partial charge in [-0.2, -0.15) is 0 Å². The van der Waals surface area contributed by atoms with Gasteiger partial charge in [-0.3, -0.25) is 0 Å². The van der Waals surface area contributed by atoms with Crippen LogP contribution in [0.4, 0.5) is 4.39 Å². The lowest BCUT2D eigenvalue weighted by molar-refractivity contribution is 0.0693. The summed E-state index contributed by atoms with van der Waals surface area (Å²) in [6, 6.07) is 9.34. The third-order valence-corrected chi connectivity index (χ3v) is 2.95. The van der Waals surface area contributed by atoms with Crippen molar-refractivity contribution in [3.8, 4) is 11.1 Å². The van der Waals surface area contributed by atoms with Crippen LogP contribution in [-0.4, -0.2) is 11.1 Å². The molecule has 2 aromatic rings. The molecule has 18 heavy (non-hydrogen) atoms. The highest BCUT2D eigenvalue weighted by atomic mass is 35.5. The molecule has 2 nitrogen and oxygen atoms in total. The molecule has 1 N–H and O–H groups in total. The minimum absolute atomic E-state index is 0.285. The minimum Gasteiger partial charge on any atom is -0.478 e. The standard InChI is InChI=1S/C14H10ClFO2/c1-8-5-6-9(11(15)7-8)10-3-2-4-12(16)13(10)14(17)18/h2-7H,1H3,(H,17,18). The number of carbonyl (C=O) groups is 1. The number of aryl methyl sites for hydroxylation is 1. The van der Waals surface area contributed by atoms with Gasteiger partial charge in [0.05, 0.1) is 0 Å². The second-order valence-corrected chi connectivity index (χ2v) is 4.36. The highest BCUT2D eigenvalue weighted by molar-refractivity contribution is 6.33. The number of benzene rings is 2. The fraction of sp³-hybridized carbons (Fsp3) is 0.0714. The molecule has 0 saturated heterocycles. The molecular weight excluding hydrogens is 255 g/mol. The topological polar surface area (TPSA) is 37.3 Å². The maximum absolute atomic E-state index is 13.6. The number of aromatic carboxylic acids is 1. The van der Waals surface area contributed by atoms with Gasteiger partial charge < -0.3 is 5.11 Å². The molecule has 4 heteroatoms. The summed E-state index contributed by atoms with van der Waals surface area (Å²) in [4.78, 5) is 11.1. The Morgan fingerprint density at radius 1 is 1.22 bits per heavy atom. The minimum atomic E-state index is -1.31. The predicted molar refractivity (Wildman–Crippen MR) is 68.5 cm³/mol. The lowest BCUT2D eigenvalue weighted by Gasteiger charge is -2.09. The molecule has 0 radical (unpaired) electrons. The van der Waals surface area contributed by atoms with Crippen molar-refractivity contribution in [3.63, 3.8) is 0 Å². The molecule has 0 amide bonds. The zero-order chi connectivity index (χ0) is 13.3. The van der Waals surface area contributed by atoms with E-state index in [1.165, 1.54) is 6.07 Å². The Morgan fingerprint density at radius 3 is 2.56 bits per heavy atom. The average molecular weight is 265 g/mol. The molecule has 2 rings (SSSR count). The van der Waals surface area contributed by atoms with E-state index in [-0.39, 0.29) is 11.1 Å². The van der Waals surface area contributed by atoms with Gasteiger partial charge in [0.25, 0.3) is 0 Å². The average Bonchev–Trinajstić information content (AvgIpc) is 2.28. The largest absolute Gasteiger partial charge is 0.478 e. The maximum Gasteiger partial charge on any atom is 0.339 e. The molecule has 0 aliphatic carbocycles. The molecule has 2 aromatic carbocycles. The number of hydrogen-bond donors (Lipinski definition) is 1. The molecule has 92 valence electrons. The van der Waals surface area contributed by atoms with Crippen LogP contribution in [-0.2, 0) is 0 Å². The number of halogens is 2. The van der Waals surface area contributed by atoms with Crippen LogP contribution >= 0.6 is 11.6 Å². The zero-order valence-electron chi connectivity index (χ0n) is 9.58. The van der Waals surface area contributed by atoms with Crippen LogP contribution in [0.1, 0.15) is 15.9 Å². The van der Waals surface area contributed by atoms with E-state index in [1.54, 1.807) is 24.3 Å². The van der Waals surface area contributed by atoms with Gasteiger partial charge in [-0.05, 0) is 24.6 Å². The van der Waals surface area contributed by atoms with E-state index in [0.29, 0.717) is 10.6 Å². The highest BCUT2D eigenvalue weighted by Crippen LogP contribution is 2.32. The van der Waals surface area contributed by atoms with Gasteiger partial charge in [-0.15, -0.1) is 0 Å². The third kappa shape index (κ3) is 2.22. The Bertz CT molecular complexity index is 623. The summed E-state index contributed by atoms with van der Waals surface area (Å²) in [5.41, 5.74) is 1.40. The lowest BCUT2D eigenvalue weighted by atomic mass is 9.98. The third-order valence-electron chi connectivity index (χ3n) is 2.64. The molecule has 0 aliphatic rings. The number of carboxylic acid groups (broad SMARTS) is 1. The summed E-state index contributed by atoms with van der Waals surface area (Å²) in [6.45, 7) is 1.87. The van der Waals surface area contributed by atoms with Gasteiger partial charge in [0.2, 0.25) is 0 Å². The van der Waals surface area contributed by atoms with Crippen molar-refractivity contribution in [3.05, 3.63) is 58.4 Å². The van der Waals surface area contributed by atoms with Crippen molar-refractivity contribution in [2.24, 2.45) is 0 Å². The van der Waals surface area contributed by atoms with Gasteiger partial charge in [0.1, 0.15) is 11.4 Å². The van der Waals surface area contributed by atoms with Crippen molar-refractivity contribution >= 4 is 17.6 Å². The summed E-state index contributed by atoms with van der Waals surface area (Å²) in [6.07, 6.45) is 0. The van der Waals surface area contributed by atoms with Gasteiger partial charge in [-0.1, -0.05) is 35.9 Å². The molecule has 0 spiro atoms. The van der Waals surface area contributed by atoms with E-state index in [2.05, 4.69) is 0 Å². The quantitative estimate of drug-likeness (QED) is 0.885. The van der Waals surface area contributed by atoms with Crippen molar-refractivity contribution in [2.45, 2.75) is 6.92 Å². The first-order valence-corrected chi connectivity index (χ1v) is 5.67. The Labute approximate surface area is 109 Å². The first kappa shape index (κ1) is 12.6. The molecule has 0 heterocycles. The van der Waals surface area contributed by atoms with Crippen molar-refractivity contribution in [2.75, 3.05) is 0 Å². The highest BCUT2D eigenvalue weighted by Gasteiger charge is 2.18. The van der Waals surface area contributed by atoms with Gasteiger partial charge in [0.15, 0.2) is 0 Å². The van der Waals surface area contributed by atoms with Crippen molar-refractivity contribution < 1.29 is 14.3 Å². The monoisotopic (exact) mass is 264 g/mol. The van der Waals surface area contributed by atoms with Crippen LogP contribution in [0, 0.1) is 12.7 Å². The van der Waals surface area contributed by atoms with Gasteiger partial charge >= 0.3 is 5.97 Å². The first-order valence-electron chi connectivity index (χ1n) is 5.29. The second kappa shape index (κ2) is 4.78. The maximum atomic E-state index is 13.6. The first-order chi connectivity index (χ1) is 8.50. The number of hydrogen-bond acceptors (Lipinski definition) is 1. The van der Waals surface area contributed by atoms with Crippen LogP contribution < -0.4 is 0 Å². The second-order valence-electron chi connectivity index (χ2n) is 3.95. The van der Waals surface area contributed by atoms with Crippen LogP contribution in [0.15, 0.2) is 36.4 Å². The van der Waals surface area contributed by atoms with E-state index in [0.717, 1.165) is 11.6 Å². The summed E-state index contributed by atoms with van der Waals surface area (Å²) in [5.74, 6) is -2.07. The van der Waals surface area contributed by atoms with E-state index in [4.69, 9.17) is 16.7 Å². The van der Waals surface area contributed by atoms with E-state index < -0.39 is 11.8 Å². The predicted octanol–water partition coefficient (Wildman–Crippen LogP) is 4.15. The lowest BCUT2D eigenvalue weighted by Crippen LogP contribution is -2.03. The molecule has 0 fully saturated rings. The Morgan fingerprint density at radius 2 is 1.94 bits per heavy atom. The molecule has 0 aromatic heterocycles. The van der Waals surface area contributed by atoms with Crippen LogP contribution in [0.3, 0.4) is 0 Å². The number of rotatable bonds is 2. The van der Waals surface area contributed by atoms with Gasteiger partial charge in [0, 0.05) is 16.1 Å². The van der Waals surface area contributed by atoms with E-state index in [9.17, 15) is 9.18 Å². The van der Waals surface area contributed by atoms with E-state index in [1.807, 2.05) is 6.92 Å². The summed E-state index contributed by atoms with van der Waals surface area (Å²) < 4.78 is 13.6. The molecule has 0 aliphatic heterocycles. The summed E-state index contributed by atoms with van der Waals surface area (Å²) in [7, 11) is 0. The fourth-order valence-corrected chi connectivity index (χ4v) is 2.14. The molecular formula is C14H10ClFO2. The molecule has 0 bridgehead atoms. The van der Waals surface area contributed by atoms with Crippen molar-refractivity contribution in [1.29, 1.82) is 0 Å². The Hall–Kier alpha value is -1.87. The SMILES string of the molecule is Cc1ccc(-c2cccc(F)c2C(=O)O)c(Cl)c1. The van der Waals surface area contributed by atoms with Crippen LogP contribution in [0.5, 0.6) is 0 Å². The normalized spacial score (nSPS) is 10.4. The summed E-state index contributed by atoms with van der Waals surface area (Å²) >= 11 is 6.08. The van der Waals surface area contributed by atoms with Gasteiger partial charge in [-0.25, -0.2) is 9.18 Å². The Kier molecular flexibility index (Phi) is 3.34. The van der Waals surface area contributed by atoms with Crippen molar-refractivity contribution in [1.82, 2.24) is 0 Å². The zero-order valence-corrected chi connectivity index (χ0v) is 10.3. The van der Waals surface area contributed by atoms with E-state index >= 15 is 0 Å². The van der Waals surface area contributed by atoms with Crippen LogP contribution in [0.2, 0.25) is 5.02 Å². The molecule has 0 unspecified atom stereocenters.